The summed E-state index contributed by atoms with van der Waals surface area (Å²) < 4.78 is 2.33. The molecule has 0 amide bonds. The quantitative estimate of drug-likeness (QED) is 0.640. The number of aryl methyl sites for hydroxylation is 1. The second kappa shape index (κ2) is 3.89. The number of rotatable bonds is 1. The van der Waals surface area contributed by atoms with Crippen molar-refractivity contribution in [3.05, 3.63) is 42.1 Å². The summed E-state index contributed by atoms with van der Waals surface area (Å²) in [6.45, 7) is 9.99. The molecule has 0 bridgehead atoms. The molecular weight excluding hydrogens is 194 g/mol. The number of para-hydroxylation sites is 1. The second-order valence-corrected chi connectivity index (χ2v) is 5.32. The molecule has 1 aromatic carbocycles. The molecule has 0 aliphatic carbocycles. The molecule has 1 nitrogen and oxygen atoms in total. The average molecular weight is 214 g/mol. The third kappa shape index (κ3) is 1.95. The zero-order valence-corrected chi connectivity index (χ0v) is 10.6. The Bertz CT molecular complexity index is 506. The van der Waals surface area contributed by atoms with E-state index in [1.54, 1.807) is 0 Å². The first-order chi connectivity index (χ1) is 7.52. The van der Waals surface area contributed by atoms with Crippen LogP contribution in [0.4, 0.5) is 0 Å². The number of benzene rings is 1. The zero-order valence-electron chi connectivity index (χ0n) is 10.6. The summed E-state index contributed by atoms with van der Waals surface area (Å²) in [5.74, 6) is 0. The normalized spacial score (nSPS) is 12.0. The molecule has 0 atom stereocenters. The Morgan fingerprint density at radius 1 is 1.12 bits per heavy atom. The molecule has 1 aromatic heterocycles. The van der Waals surface area contributed by atoms with E-state index in [0.29, 0.717) is 0 Å². The first-order valence-corrected chi connectivity index (χ1v) is 5.95. The molecule has 84 valence electrons. The molecular formula is C15H20N+. The van der Waals surface area contributed by atoms with Crippen molar-refractivity contribution in [2.75, 3.05) is 0 Å². The van der Waals surface area contributed by atoms with Gasteiger partial charge >= 0.3 is 0 Å². The van der Waals surface area contributed by atoms with Crippen molar-refractivity contribution in [1.82, 2.24) is 0 Å². The van der Waals surface area contributed by atoms with Crippen LogP contribution >= 0.6 is 0 Å². The lowest BCUT2D eigenvalue weighted by Crippen LogP contribution is -2.35. The summed E-state index contributed by atoms with van der Waals surface area (Å²) in [4.78, 5) is 0. The van der Waals surface area contributed by atoms with Crippen molar-refractivity contribution in [3.8, 4) is 0 Å². The third-order valence-corrected chi connectivity index (χ3v) is 3.06. The molecule has 1 heteroatoms. The fourth-order valence-electron chi connectivity index (χ4n) is 1.99. The van der Waals surface area contributed by atoms with Crippen LogP contribution in [0.15, 0.2) is 36.5 Å². The minimum absolute atomic E-state index is 0.209. The highest BCUT2D eigenvalue weighted by Gasteiger charge is 2.19. The molecule has 16 heavy (non-hydrogen) atoms. The van der Waals surface area contributed by atoms with E-state index in [9.17, 15) is 0 Å². The number of nitrogens with zero attached hydrogens (tertiary/aromatic N) is 1. The zero-order chi connectivity index (χ0) is 11.8. The van der Waals surface area contributed by atoms with Gasteiger partial charge < -0.3 is 0 Å². The largest absolute Gasteiger partial charge is 0.212 e. The lowest BCUT2D eigenvalue weighted by molar-refractivity contribution is -0.668. The van der Waals surface area contributed by atoms with E-state index in [1.807, 2.05) is 0 Å². The molecule has 0 unspecified atom stereocenters. The monoisotopic (exact) mass is 214 g/mol. The maximum atomic E-state index is 2.33. The molecule has 0 aliphatic heterocycles. The molecule has 1 heterocycles. The van der Waals surface area contributed by atoms with Gasteiger partial charge in [0.05, 0.1) is 0 Å². The Hall–Kier alpha value is -1.37. The summed E-state index contributed by atoms with van der Waals surface area (Å²) in [5.41, 5.74) is 2.92. The number of hydrogen-bond acceptors (Lipinski definition) is 0. The van der Waals surface area contributed by atoms with Gasteiger partial charge in [-0.25, -0.2) is 0 Å². The van der Waals surface area contributed by atoms with Crippen molar-refractivity contribution < 1.29 is 4.57 Å². The molecule has 0 spiro atoms. The molecule has 2 rings (SSSR count). The maximum absolute atomic E-state index is 2.33. The first-order valence-electron chi connectivity index (χ1n) is 5.95. The molecule has 2 aromatic rings. The molecule has 0 N–H and O–H groups in total. The Morgan fingerprint density at radius 2 is 1.81 bits per heavy atom. The van der Waals surface area contributed by atoms with Crippen LogP contribution in [0.1, 0.15) is 33.3 Å². The van der Waals surface area contributed by atoms with Gasteiger partial charge in [0.15, 0.2) is 6.20 Å². The van der Waals surface area contributed by atoms with Crippen LogP contribution in [-0.2, 0) is 12.0 Å². The minimum Gasteiger partial charge on any atom is -0.198 e. The SMILES string of the molecule is CC[n+]1cc(C(C)(C)C)cc2ccccc21. The fourth-order valence-corrected chi connectivity index (χ4v) is 1.99. The van der Waals surface area contributed by atoms with Crippen molar-refractivity contribution >= 4 is 10.9 Å². The van der Waals surface area contributed by atoms with Gasteiger partial charge in [-0.2, -0.15) is 4.57 Å². The summed E-state index contributed by atoms with van der Waals surface area (Å²) >= 11 is 0. The maximum Gasteiger partial charge on any atom is 0.212 e. The topological polar surface area (TPSA) is 3.88 Å². The highest BCUT2D eigenvalue weighted by molar-refractivity contribution is 5.76. The second-order valence-electron chi connectivity index (χ2n) is 5.32. The summed E-state index contributed by atoms with van der Waals surface area (Å²) in [6, 6.07) is 10.9. The van der Waals surface area contributed by atoms with Crippen LogP contribution in [0.3, 0.4) is 0 Å². The van der Waals surface area contributed by atoms with E-state index < -0.39 is 0 Å². The lowest BCUT2D eigenvalue weighted by Gasteiger charge is -2.17. The Balaban J connectivity index is 2.73. The van der Waals surface area contributed by atoms with Gasteiger partial charge in [-0.3, -0.25) is 0 Å². The third-order valence-electron chi connectivity index (χ3n) is 3.06. The molecule has 0 radical (unpaired) electrons. The van der Waals surface area contributed by atoms with Crippen LogP contribution in [-0.4, -0.2) is 0 Å². The van der Waals surface area contributed by atoms with Crippen LogP contribution in [0.25, 0.3) is 10.9 Å². The van der Waals surface area contributed by atoms with Crippen LogP contribution in [0.5, 0.6) is 0 Å². The van der Waals surface area contributed by atoms with Crippen molar-refractivity contribution in [2.45, 2.75) is 39.7 Å². The summed E-state index contributed by atoms with van der Waals surface area (Å²) in [7, 11) is 0. The number of pyridine rings is 1. The average Bonchev–Trinajstić information content (AvgIpc) is 2.26. The smallest absolute Gasteiger partial charge is 0.198 e. The van der Waals surface area contributed by atoms with Crippen molar-refractivity contribution in [2.24, 2.45) is 0 Å². The predicted molar refractivity (Wildman–Crippen MR) is 68.5 cm³/mol. The Labute approximate surface area is 97.7 Å². The van der Waals surface area contributed by atoms with Crippen molar-refractivity contribution in [3.63, 3.8) is 0 Å². The van der Waals surface area contributed by atoms with Crippen molar-refractivity contribution in [1.29, 1.82) is 0 Å². The number of fused-ring (bicyclic) bond motifs is 1. The van der Waals surface area contributed by atoms with Gasteiger partial charge in [0.25, 0.3) is 0 Å². The van der Waals surface area contributed by atoms with E-state index in [1.165, 1.54) is 16.5 Å². The van der Waals surface area contributed by atoms with E-state index >= 15 is 0 Å². The first kappa shape index (κ1) is 11.1. The Kier molecular flexibility index (Phi) is 2.71. The lowest BCUT2D eigenvalue weighted by atomic mass is 9.87. The molecule has 0 saturated heterocycles. The standard InChI is InChI=1S/C15H20N/c1-5-16-11-13(15(2,3)4)10-12-8-6-7-9-14(12)16/h6-11H,5H2,1-4H3/q+1. The molecule has 0 aliphatic rings. The van der Waals surface area contributed by atoms with Gasteiger partial charge in [-0.1, -0.05) is 32.9 Å². The molecule has 0 saturated carbocycles. The predicted octanol–water partition coefficient (Wildman–Crippen LogP) is 3.44. The minimum atomic E-state index is 0.209. The van der Waals surface area contributed by atoms with Gasteiger partial charge in [0, 0.05) is 17.0 Å². The number of aromatic nitrogens is 1. The summed E-state index contributed by atoms with van der Waals surface area (Å²) in [5, 5.41) is 1.33. The molecule has 0 fully saturated rings. The van der Waals surface area contributed by atoms with Crippen LogP contribution < -0.4 is 4.57 Å². The van der Waals surface area contributed by atoms with Crippen LogP contribution in [0, 0.1) is 0 Å². The van der Waals surface area contributed by atoms with E-state index in [-0.39, 0.29) is 5.41 Å². The highest BCUT2D eigenvalue weighted by Crippen LogP contribution is 2.23. The Morgan fingerprint density at radius 3 is 2.44 bits per heavy atom. The number of hydrogen-bond donors (Lipinski definition) is 0. The highest BCUT2D eigenvalue weighted by atomic mass is 14.9. The van der Waals surface area contributed by atoms with Gasteiger partial charge in [-0.15, -0.1) is 0 Å². The van der Waals surface area contributed by atoms with Gasteiger partial charge in [0.1, 0.15) is 6.54 Å². The van der Waals surface area contributed by atoms with Gasteiger partial charge in [0.2, 0.25) is 5.52 Å². The van der Waals surface area contributed by atoms with Gasteiger partial charge in [-0.05, 0) is 24.5 Å². The summed E-state index contributed by atoms with van der Waals surface area (Å²) in [6.07, 6.45) is 2.28. The van der Waals surface area contributed by atoms with Crippen LogP contribution in [0.2, 0.25) is 0 Å². The fraction of sp³-hybridized carbons (Fsp3) is 0.400. The van der Waals surface area contributed by atoms with E-state index in [2.05, 4.69) is 68.8 Å². The van der Waals surface area contributed by atoms with E-state index in [0.717, 1.165) is 6.54 Å². The van der Waals surface area contributed by atoms with E-state index in [4.69, 9.17) is 0 Å².